The molecular weight excluding hydrogens is 258 g/mol. The van der Waals surface area contributed by atoms with Crippen LogP contribution in [-0.2, 0) is 4.79 Å². The van der Waals surface area contributed by atoms with Crippen LogP contribution in [0.1, 0.15) is 18.9 Å². The van der Waals surface area contributed by atoms with Crippen LogP contribution < -0.4 is 0 Å². The highest BCUT2D eigenvalue weighted by Crippen LogP contribution is 2.31. The van der Waals surface area contributed by atoms with Crippen LogP contribution in [0.5, 0.6) is 0 Å². The summed E-state index contributed by atoms with van der Waals surface area (Å²) in [6, 6.07) is 1.99. The van der Waals surface area contributed by atoms with E-state index in [0.29, 0.717) is 5.70 Å². The molecule has 1 aliphatic heterocycles. The fraction of sp³-hybridized carbons (Fsp3) is 0.273. The van der Waals surface area contributed by atoms with Crippen molar-refractivity contribution in [3.8, 4) is 0 Å². The van der Waals surface area contributed by atoms with Crippen molar-refractivity contribution in [2.45, 2.75) is 13.3 Å². The maximum Gasteiger partial charge on any atom is 0.244 e. The van der Waals surface area contributed by atoms with Crippen LogP contribution in [0.4, 0.5) is 0 Å². The number of aliphatic imine (C=N–C) groups is 1. The summed E-state index contributed by atoms with van der Waals surface area (Å²) in [7, 11) is 0. The van der Waals surface area contributed by atoms with E-state index in [1.165, 1.54) is 11.8 Å². The summed E-state index contributed by atoms with van der Waals surface area (Å²) in [5.41, 5.74) is 1.63. The minimum atomic E-state index is 0.0600. The predicted molar refractivity (Wildman–Crippen MR) is 75.1 cm³/mol. The molecule has 0 spiro atoms. The summed E-state index contributed by atoms with van der Waals surface area (Å²) in [6.45, 7) is 2.12. The first-order chi connectivity index (χ1) is 7.79. The zero-order valence-corrected chi connectivity index (χ0v) is 11.3. The quantitative estimate of drug-likeness (QED) is 0.780. The van der Waals surface area contributed by atoms with Gasteiger partial charge in [0.15, 0.2) is 0 Å². The molecule has 16 heavy (non-hydrogen) atoms. The van der Waals surface area contributed by atoms with E-state index in [9.17, 15) is 4.79 Å². The normalized spacial score (nSPS) is 18.2. The van der Waals surface area contributed by atoms with Crippen LogP contribution in [0.25, 0.3) is 6.08 Å². The highest BCUT2D eigenvalue weighted by Gasteiger charge is 2.21. The average Bonchev–Trinajstić information content (AvgIpc) is 2.87. The van der Waals surface area contributed by atoms with Gasteiger partial charge in [-0.25, -0.2) is 4.99 Å². The minimum absolute atomic E-state index is 0.0600. The van der Waals surface area contributed by atoms with Crippen LogP contribution in [0.15, 0.2) is 27.5 Å². The number of hydrogen-bond acceptors (Lipinski definition) is 5. The lowest BCUT2D eigenvalue weighted by Crippen LogP contribution is -1.87. The number of thiophene rings is 1. The zero-order chi connectivity index (χ0) is 11.4. The number of carbonyl (C=O) groups excluding carboxylic acids is 1. The predicted octanol–water partition coefficient (Wildman–Crippen LogP) is 3.86. The molecule has 0 saturated carbocycles. The highest BCUT2D eigenvalue weighted by molar-refractivity contribution is 8.45. The fourth-order valence-electron chi connectivity index (χ4n) is 1.16. The van der Waals surface area contributed by atoms with Gasteiger partial charge in [-0.3, -0.25) is 4.79 Å². The number of hydrogen-bond donors (Lipinski definition) is 0. The SMILES string of the molecule is CCCSC1=N/C(=C/c2ccsc2)C(=O)S1. The Morgan fingerprint density at radius 1 is 1.56 bits per heavy atom. The number of rotatable bonds is 3. The monoisotopic (exact) mass is 269 g/mol. The highest BCUT2D eigenvalue weighted by atomic mass is 32.2. The Balaban J connectivity index is 2.10. The molecule has 84 valence electrons. The van der Waals surface area contributed by atoms with Gasteiger partial charge in [0, 0.05) is 0 Å². The van der Waals surface area contributed by atoms with Crippen LogP contribution in [0, 0.1) is 0 Å². The van der Waals surface area contributed by atoms with Gasteiger partial charge >= 0.3 is 0 Å². The second-order valence-electron chi connectivity index (χ2n) is 3.20. The zero-order valence-electron chi connectivity index (χ0n) is 8.80. The van der Waals surface area contributed by atoms with Gasteiger partial charge in [-0.05, 0) is 52.4 Å². The Morgan fingerprint density at radius 2 is 2.44 bits per heavy atom. The van der Waals surface area contributed by atoms with Crippen LogP contribution in [-0.4, -0.2) is 15.2 Å². The summed E-state index contributed by atoms with van der Waals surface area (Å²) in [5.74, 6) is 1.02. The molecule has 2 rings (SSSR count). The molecular formula is C11H11NOS3. The summed E-state index contributed by atoms with van der Waals surface area (Å²) in [6.07, 6.45) is 2.95. The van der Waals surface area contributed by atoms with Crippen molar-refractivity contribution in [2.24, 2.45) is 4.99 Å². The number of thioether (sulfide) groups is 2. The first-order valence-electron chi connectivity index (χ1n) is 4.97. The van der Waals surface area contributed by atoms with Gasteiger partial charge in [0.05, 0.1) is 0 Å². The largest absolute Gasteiger partial charge is 0.279 e. The molecule has 0 aliphatic carbocycles. The lowest BCUT2D eigenvalue weighted by atomic mass is 10.3. The molecule has 0 saturated heterocycles. The van der Waals surface area contributed by atoms with Crippen molar-refractivity contribution in [2.75, 3.05) is 5.75 Å². The fourth-order valence-corrected chi connectivity index (χ4v) is 3.54. The lowest BCUT2D eigenvalue weighted by molar-refractivity contribution is -0.107. The van der Waals surface area contributed by atoms with E-state index in [-0.39, 0.29) is 5.12 Å². The van der Waals surface area contributed by atoms with Crippen molar-refractivity contribution >= 4 is 50.4 Å². The third-order valence-corrected chi connectivity index (χ3v) is 4.79. The minimum Gasteiger partial charge on any atom is -0.279 e. The van der Waals surface area contributed by atoms with Gasteiger partial charge in [-0.1, -0.05) is 18.7 Å². The molecule has 2 heterocycles. The first-order valence-corrected chi connectivity index (χ1v) is 7.71. The van der Waals surface area contributed by atoms with Crippen molar-refractivity contribution < 1.29 is 4.79 Å². The summed E-state index contributed by atoms with van der Waals surface area (Å²) in [5, 5.41) is 4.07. The van der Waals surface area contributed by atoms with E-state index in [1.54, 1.807) is 23.1 Å². The molecule has 0 unspecified atom stereocenters. The maximum absolute atomic E-state index is 11.6. The topological polar surface area (TPSA) is 29.4 Å². The van der Waals surface area contributed by atoms with E-state index in [0.717, 1.165) is 22.1 Å². The second-order valence-corrected chi connectivity index (χ2v) is 6.29. The molecule has 0 bridgehead atoms. The maximum atomic E-state index is 11.6. The Labute approximate surface area is 107 Å². The molecule has 1 aliphatic rings. The van der Waals surface area contributed by atoms with Gasteiger partial charge in [-0.2, -0.15) is 11.3 Å². The Morgan fingerprint density at radius 3 is 3.12 bits per heavy atom. The molecule has 0 amide bonds. The van der Waals surface area contributed by atoms with Crippen LogP contribution in [0.2, 0.25) is 0 Å². The summed E-state index contributed by atoms with van der Waals surface area (Å²) < 4.78 is 0.883. The van der Waals surface area contributed by atoms with Gasteiger partial charge in [0.25, 0.3) is 0 Å². The molecule has 2 nitrogen and oxygen atoms in total. The van der Waals surface area contributed by atoms with E-state index < -0.39 is 0 Å². The Kier molecular flexibility index (Phi) is 4.26. The first kappa shape index (κ1) is 12.0. The number of carbonyl (C=O) groups is 1. The Hall–Kier alpha value is -0.520. The standard InChI is InChI=1S/C11H11NOS3/c1-2-4-15-11-12-9(10(13)16-11)6-8-3-5-14-7-8/h3,5-7H,2,4H2,1H3/b9-6+. The Bertz CT molecular complexity index is 434. The van der Waals surface area contributed by atoms with Crippen molar-refractivity contribution in [3.05, 3.63) is 28.1 Å². The smallest absolute Gasteiger partial charge is 0.244 e. The van der Waals surface area contributed by atoms with E-state index in [2.05, 4.69) is 11.9 Å². The molecule has 1 aromatic rings. The third kappa shape index (κ3) is 2.99. The van der Waals surface area contributed by atoms with Crippen molar-refractivity contribution in [1.82, 2.24) is 0 Å². The van der Waals surface area contributed by atoms with Gasteiger partial charge < -0.3 is 0 Å². The molecule has 0 N–H and O–H groups in total. The second kappa shape index (κ2) is 5.70. The van der Waals surface area contributed by atoms with Crippen LogP contribution >= 0.6 is 34.9 Å². The van der Waals surface area contributed by atoms with Crippen molar-refractivity contribution in [3.63, 3.8) is 0 Å². The lowest BCUT2D eigenvalue weighted by Gasteiger charge is -1.92. The summed E-state index contributed by atoms with van der Waals surface area (Å²) >= 11 is 4.53. The van der Waals surface area contributed by atoms with E-state index in [4.69, 9.17) is 0 Å². The number of nitrogens with zero attached hydrogens (tertiary/aromatic N) is 1. The molecule has 0 radical (unpaired) electrons. The molecule has 0 atom stereocenters. The molecule has 0 aromatic carbocycles. The van der Waals surface area contributed by atoms with Gasteiger partial charge in [-0.15, -0.1) is 0 Å². The van der Waals surface area contributed by atoms with Crippen LogP contribution in [0.3, 0.4) is 0 Å². The molecule has 5 heteroatoms. The van der Waals surface area contributed by atoms with E-state index >= 15 is 0 Å². The third-order valence-electron chi connectivity index (χ3n) is 1.88. The summed E-state index contributed by atoms with van der Waals surface area (Å²) in [4.78, 5) is 16.0. The van der Waals surface area contributed by atoms with Gasteiger partial charge in [0.1, 0.15) is 10.1 Å². The van der Waals surface area contributed by atoms with E-state index in [1.807, 2.05) is 22.9 Å². The molecule has 1 aromatic heterocycles. The van der Waals surface area contributed by atoms with Gasteiger partial charge in [0.2, 0.25) is 5.12 Å². The molecule has 0 fully saturated rings. The van der Waals surface area contributed by atoms with Crippen molar-refractivity contribution in [1.29, 1.82) is 0 Å². The average molecular weight is 269 g/mol.